The smallest absolute Gasteiger partial charge is 0.326 e. The van der Waals surface area contributed by atoms with Crippen molar-refractivity contribution >= 4 is 17.5 Å². The van der Waals surface area contributed by atoms with Gasteiger partial charge >= 0.3 is 11.7 Å². The number of carbonyl (C=O) groups is 1. The van der Waals surface area contributed by atoms with Crippen LogP contribution < -0.4 is 4.90 Å². The van der Waals surface area contributed by atoms with Crippen molar-refractivity contribution in [3.8, 4) is 6.07 Å². The fraction of sp³-hybridized carbons (Fsp3) is 0.364. The molecule has 2 N–H and O–H groups in total. The maximum absolute atomic E-state index is 11.1. The topological polar surface area (TPSA) is 141 Å². The van der Waals surface area contributed by atoms with Crippen LogP contribution in [0.3, 0.4) is 0 Å². The molecule has 1 aromatic heterocycles. The summed E-state index contributed by atoms with van der Waals surface area (Å²) in [5.41, 5.74) is -0.833. The molecule has 20 heavy (non-hydrogen) atoms. The van der Waals surface area contributed by atoms with Crippen molar-refractivity contribution in [2.75, 3.05) is 11.4 Å². The minimum absolute atomic E-state index is 0.0376. The number of hydrogen-bond acceptors (Lipinski definition) is 7. The maximum Gasteiger partial charge on any atom is 0.326 e. The van der Waals surface area contributed by atoms with Gasteiger partial charge in [-0.3, -0.25) is 10.1 Å². The molecule has 1 aliphatic heterocycles. The van der Waals surface area contributed by atoms with Crippen LogP contribution in [0.15, 0.2) is 12.1 Å². The molecular weight excluding hydrogens is 268 g/mol. The summed E-state index contributed by atoms with van der Waals surface area (Å²) in [6.07, 6.45) is -0.783. The molecule has 2 unspecified atom stereocenters. The van der Waals surface area contributed by atoms with Gasteiger partial charge in [0.25, 0.3) is 0 Å². The molecule has 0 saturated carbocycles. The highest BCUT2D eigenvalue weighted by Gasteiger charge is 2.37. The first-order valence-corrected chi connectivity index (χ1v) is 5.67. The van der Waals surface area contributed by atoms with E-state index in [0.29, 0.717) is 0 Å². The number of nitro groups is 1. The Balaban J connectivity index is 2.41. The molecule has 1 aromatic rings. The maximum atomic E-state index is 11.1. The second kappa shape index (κ2) is 5.10. The third kappa shape index (κ3) is 2.36. The molecule has 2 atom stereocenters. The largest absolute Gasteiger partial charge is 0.480 e. The van der Waals surface area contributed by atoms with Gasteiger partial charge in [0.05, 0.1) is 11.0 Å². The Kier molecular flexibility index (Phi) is 3.49. The van der Waals surface area contributed by atoms with Crippen molar-refractivity contribution in [2.24, 2.45) is 0 Å². The molecule has 9 heteroatoms. The molecular formula is C11H10N4O5. The van der Waals surface area contributed by atoms with Crippen LogP contribution in [0.5, 0.6) is 0 Å². The number of aliphatic hydroxyl groups excluding tert-OH is 1. The van der Waals surface area contributed by atoms with Gasteiger partial charge < -0.3 is 15.1 Å². The number of hydrogen-bond donors (Lipinski definition) is 2. The van der Waals surface area contributed by atoms with Gasteiger partial charge in [0.15, 0.2) is 0 Å². The first kappa shape index (κ1) is 13.7. The number of aliphatic carboxylic acids is 1. The zero-order chi connectivity index (χ0) is 14.9. The minimum Gasteiger partial charge on any atom is -0.480 e. The highest BCUT2D eigenvalue weighted by molar-refractivity contribution is 5.78. The van der Waals surface area contributed by atoms with Crippen molar-refractivity contribution in [1.82, 2.24) is 4.98 Å². The predicted octanol–water partition coefficient (Wildman–Crippen LogP) is -0.114. The van der Waals surface area contributed by atoms with Crippen molar-refractivity contribution < 1.29 is 19.9 Å². The lowest BCUT2D eigenvalue weighted by molar-refractivity contribution is -0.385. The lowest BCUT2D eigenvalue weighted by atomic mass is 10.2. The molecule has 9 nitrogen and oxygen atoms in total. The zero-order valence-corrected chi connectivity index (χ0v) is 10.1. The van der Waals surface area contributed by atoms with Gasteiger partial charge in [-0.25, -0.2) is 9.78 Å². The van der Waals surface area contributed by atoms with E-state index in [9.17, 15) is 20.0 Å². The summed E-state index contributed by atoms with van der Waals surface area (Å²) in [5.74, 6) is -1.00. The molecule has 0 spiro atoms. The number of carboxylic acids is 1. The lowest BCUT2D eigenvalue weighted by Gasteiger charge is -2.21. The standard InChI is InChI=1S/C11H10N4O5/c12-4-7-8(15(19)20)1-2-10(13-7)14-5-6(16)3-9(14)11(17)18/h1-2,6,9,16H,3,5H2,(H,17,18). The lowest BCUT2D eigenvalue weighted by Crippen LogP contribution is -2.36. The zero-order valence-electron chi connectivity index (χ0n) is 10.1. The Morgan fingerprint density at radius 1 is 1.60 bits per heavy atom. The molecule has 0 radical (unpaired) electrons. The van der Waals surface area contributed by atoms with Crippen LogP contribution in [0, 0.1) is 21.4 Å². The summed E-state index contributed by atoms with van der Waals surface area (Å²) in [6, 6.07) is 3.01. The van der Waals surface area contributed by atoms with E-state index in [1.807, 2.05) is 0 Å². The van der Waals surface area contributed by atoms with E-state index in [1.165, 1.54) is 11.0 Å². The van der Waals surface area contributed by atoms with E-state index in [0.717, 1.165) is 6.07 Å². The number of anilines is 1. The number of pyridine rings is 1. The van der Waals surface area contributed by atoms with Gasteiger partial charge in [-0.15, -0.1) is 0 Å². The van der Waals surface area contributed by atoms with Crippen LogP contribution >= 0.6 is 0 Å². The number of β-amino-alcohol motifs (C(OH)–C–C–N with tert-alkyl or cyclic N) is 1. The quantitative estimate of drug-likeness (QED) is 0.576. The Hall–Kier alpha value is -2.73. The Labute approximate surface area is 112 Å². The second-order valence-corrected chi connectivity index (χ2v) is 4.30. The summed E-state index contributed by atoms with van der Waals surface area (Å²) >= 11 is 0. The van der Waals surface area contributed by atoms with Gasteiger partial charge in [0.2, 0.25) is 5.69 Å². The van der Waals surface area contributed by atoms with Crippen molar-refractivity contribution in [3.63, 3.8) is 0 Å². The fourth-order valence-corrected chi connectivity index (χ4v) is 2.13. The number of nitrogens with zero attached hydrogens (tertiary/aromatic N) is 4. The van der Waals surface area contributed by atoms with Crippen LogP contribution in [-0.2, 0) is 4.79 Å². The molecule has 1 aliphatic rings. The highest BCUT2D eigenvalue weighted by Crippen LogP contribution is 2.27. The second-order valence-electron chi connectivity index (χ2n) is 4.30. The summed E-state index contributed by atoms with van der Waals surface area (Å²) in [7, 11) is 0. The molecule has 1 fully saturated rings. The molecule has 0 amide bonds. The van der Waals surface area contributed by atoms with Crippen LogP contribution in [0.1, 0.15) is 12.1 Å². The SMILES string of the molecule is N#Cc1nc(N2CC(O)CC2C(=O)O)ccc1[N+](=O)[O-]. The third-order valence-electron chi connectivity index (χ3n) is 3.02. The van der Waals surface area contributed by atoms with E-state index in [2.05, 4.69) is 4.98 Å². The molecule has 0 aromatic carbocycles. The Morgan fingerprint density at radius 3 is 2.85 bits per heavy atom. The van der Waals surface area contributed by atoms with Crippen LogP contribution in [0.25, 0.3) is 0 Å². The van der Waals surface area contributed by atoms with Gasteiger partial charge in [-0.1, -0.05) is 0 Å². The van der Waals surface area contributed by atoms with Crippen molar-refractivity contribution in [1.29, 1.82) is 5.26 Å². The number of aliphatic hydroxyl groups is 1. The first-order chi connectivity index (χ1) is 9.43. The third-order valence-corrected chi connectivity index (χ3v) is 3.02. The summed E-state index contributed by atoms with van der Waals surface area (Å²) in [5, 5.41) is 38.2. The van der Waals surface area contributed by atoms with E-state index < -0.39 is 34.4 Å². The summed E-state index contributed by atoms with van der Waals surface area (Å²) in [4.78, 5) is 26.2. The van der Waals surface area contributed by atoms with Gasteiger partial charge in [-0.05, 0) is 6.07 Å². The molecule has 0 bridgehead atoms. The monoisotopic (exact) mass is 278 g/mol. The summed E-state index contributed by atoms with van der Waals surface area (Å²) in [6.45, 7) is 0.0483. The molecule has 1 saturated heterocycles. The van der Waals surface area contributed by atoms with Gasteiger partial charge in [0.1, 0.15) is 17.9 Å². The van der Waals surface area contributed by atoms with E-state index in [-0.39, 0.29) is 18.8 Å². The number of aromatic nitrogens is 1. The Bertz CT molecular complexity index is 611. The molecule has 0 aliphatic carbocycles. The van der Waals surface area contributed by atoms with E-state index >= 15 is 0 Å². The van der Waals surface area contributed by atoms with Crippen LogP contribution in [-0.4, -0.2) is 44.8 Å². The van der Waals surface area contributed by atoms with Crippen molar-refractivity contribution in [2.45, 2.75) is 18.6 Å². The average Bonchev–Trinajstić information content (AvgIpc) is 2.80. The number of carboxylic acid groups (broad SMARTS) is 1. The first-order valence-electron chi connectivity index (χ1n) is 5.67. The van der Waals surface area contributed by atoms with Crippen molar-refractivity contribution in [3.05, 3.63) is 27.9 Å². The summed E-state index contributed by atoms with van der Waals surface area (Å²) < 4.78 is 0. The minimum atomic E-state index is -1.12. The Morgan fingerprint density at radius 2 is 2.30 bits per heavy atom. The molecule has 2 rings (SSSR count). The predicted molar refractivity (Wildman–Crippen MR) is 65.0 cm³/mol. The normalized spacial score (nSPS) is 21.5. The van der Waals surface area contributed by atoms with Gasteiger partial charge in [-0.2, -0.15) is 5.26 Å². The molecule has 2 heterocycles. The van der Waals surface area contributed by atoms with E-state index in [4.69, 9.17) is 10.4 Å². The van der Waals surface area contributed by atoms with Crippen LogP contribution in [0.4, 0.5) is 11.5 Å². The van der Waals surface area contributed by atoms with E-state index in [1.54, 1.807) is 6.07 Å². The van der Waals surface area contributed by atoms with Crippen LogP contribution in [0.2, 0.25) is 0 Å². The average molecular weight is 278 g/mol. The van der Waals surface area contributed by atoms with Gasteiger partial charge in [0, 0.05) is 19.0 Å². The highest BCUT2D eigenvalue weighted by atomic mass is 16.6. The molecule has 104 valence electrons. The fourth-order valence-electron chi connectivity index (χ4n) is 2.13. The number of nitriles is 1. The number of rotatable bonds is 3.